The molecule has 1 unspecified atom stereocenters. The van der Waals surface area contributed by atoms with Gasteiger partial charge in [0.2, 0.25) is 11.8 Å². The maximum Gasteiger partial charge on any atom is 0.417 e. The molecule has 0 aliphatic heterocycles. The van der Waals surface area contributed by atoms with Gasteiger partial charge in [-0.3, -0.25) is 4.79 Å². The van der Waals surface area contributed by atoms with E-state index >= 15 is 0 Å². The van der Waals surface area contributed by atoms with Crippen molar-refractivity contribution in [2.75, 3.05) is 13.2 Å². The second kappa shape index (κ2) is 11.0. The Kier molecular flexibility index (Phi) is 7.87. The van der Waals surface area contributed by atoms with Gasteiger partial charge in [-0.05, 0) is 68.0 Å². The van der Waals surface area contributed by atoms with Crippen LogP contribution in [0.3, 0.4) is 0 Å². The van der Waals surface area contributed by atoms with E-state index < -0.39 is 47.0 Å². The summed E-state index contributed by atoms with van der Waals surface area (Å²) < 4.78 is 87.3. The van der Waals surface area contributed by atoms with Crippen molar-refractivity contribution in [1.29, 1.82) is 0 Å². The number of pyridine rings is 2. The van der Waals surface area contributed by atoms with Gasteiger partial charge >= 0.3 is 12.1 Å². The molecule has 3 aromatic rings. The number of fused-ring (bicyclic) bond motifs is 3. The van der Waals surface area contributed by atoms with Crippen LogP contribution in [-0.2, 0) is 34.2 Å². The smallest absolute Gasteiger partial charge is 0.417 e. The van der Waals surface area contributed by atoms with Gasteiger partial charge in [0.1, 0.15) is 12.4 Å². The van der Waals surface area contributed by atoms with Crippen LogP contribution >= 0.6 is 0 Å². The molecule has 1 fully saturated rings. The molecule has 43 heavy (non-hydrogen) atoms. The van der Waals surface area contributed by atoms with Crippen LogP contribution in [0.5, 0.6) is 11.8 Å². The highest BCUT2D eigenvalue weighted by molar-refractivity contribution is 5.81. The third kappa shape index (κ3) is 6.02. The summed E-state index contributed by atoms with van der Waals surface area (Å²) >= 11 is 0. The SMILES string of the molecule is CCOC(=O)[C@H]1[C@@H]2Cc3cc(OCc4cc(-c5cnc(OCCC(C)(C)O)c(F)c5)c(C(F)(F)F)cc4F)ncc3C21C. The van der Waals surface area contributed by atoms with E-state index in [-0.39, 0.29) is 53.3 Å². The number of carbonyl (C=O) groups excluding carboxylic acids is 1. The van der Waals surface area contributed by atoms with Crippen LogP contribution in [0.1, 0.15) is 56.4 Å². The number of esters is 1. The topological polar surface area (TPSA) is 90.8 Å². The van der Waals surface area contributed by atoms with Gasteiger partial charge in [0.25, 0.3) is 0 Å². The highest BCUT2D eigenvalue weighted by Crippen LogP contribution is 2.66. The molecule has 1 saturated carbocycles. The van der Waals surface area contributed by atoms with Gasteiger partial charge < -0.3 is 19.3 Å². The maximum atomic E-state index is 14.9. The van der Waals surface area contributed by atoms with Crippen LogP contribution in [-0.4, -0.2) is 39.9 Å². The van der Waals surface area contributed by atoms with Crippen molar-refractivity contribution in [3.63, 3.8) is 0 Å². The summed E-state index contributed by atoms with van der Waals surface area (Å²) in [5, 5.41) is 9.78. The number of benzene rings is 1. The van der Waals surface area contributed by atoms with Crippen LogP contribution < -0.4 is 9.47 Å². The summed E-state index contributed by atoms with van der Waals surface area (Å²) in [6.45, 7) is 6.62. The number of ether oxygens (including phenoxy) is 3. The van der Waals surface area contributed by atoms with Crippen LogP contribution in [0.15, 0.2) is 36.7 Å². The lowest BCUT2D eigenvalue weighted by atomic mass is 9.95. The quantitative estimate of drug-likeness (QED) is 0.218. The van der Waals surface area contributed by atoms with E-state index in [1.807, 2.05) is 6.92 Å². The van der Waals surface area contributed by atoms with Crippen molar-refractivity contribution in [2.45, 2.75) is 64.3 Å². The Bertz CT molecular complexity index is 1550. The van der Waals surface area contributed by atoms with Gasteiger partial charge in [0, 0.05) is 41.4 Å². The Morgan fingerprint density at radius 3 is 2.47 bits per heavy atom. The minimum absolute atomic E-state index is 0.0682. The molecule has 0 spiro atoms. The molecular formula is C31H31F5N2O5. The number of nitrogens with zero attached hydrogens (tertiary/aromatic N) is 2. The van der Waals surface area contributed by atoms with Crippen molar-refractivity contribution < 1.29 is 46.1 Å². The maximum absolute atomic E-state index is 14.9. The Labute approximate surface area is 245 Å². The van der Waals surface area contributed by atoms with Crippen molar-refractivity contribution >= 4 is 5.97 Å². The number of aromatic nitrogens is 2. The van der Waals surface area contributed by atoms with Gasteiger partial charge in [0.15, 0.2) is 5.82 Å². The first-order valence-corrected chi connectivity index (χ1v) is 13.8. The fraction of sp³-hybridized carbons (Fsp3) is 0.452. The normalized spacial score (nSPS) is 20.8. The minimum atomic E-state index is -4.94. The largest absolute Gasteiger partial charge is 0.475 e. The van der Waals surface area contributed by atoms with Gasteiger partial charge in [-0.25, -0.2) is 18.7 Å². The first kappa shape index (κ1) is 30.7. The van der Waals surface area contributed by atoms with Gasteiger partial charge in [-0.1, -0.05) is 6.92 Å². The Morgan fingerprint density at radius 2 is 1.81 bits per heavy atom. The first-order valence-electron chi connectivity index (χ1n) is 13.8. The van der Waals surface area contributed by atoms with E-state index in [4.69, 9.17) is 14.2 Å². The van der Waals surface area contributed by atoms with Crippen LogP contribution in [0.2, 0.25) is 0 Å². The molecule has 2 aromatic heterocycles. The third-order valence-electron chi connectivity index (χ3n) is 8.17. The highest BCUT2D eigenvalue weighted by Gasteiger charge is 2.70. The predicted molar refractivity (Wildman–Crippen MR) is 144 cm³/mol. The fourth-order valence-electron chi connectivity index (χ4n) is 5.82. The monoisotopic (exact) mass is 606 g/mol. The molecular weight excluding hydrogens is 575 g/mol. The summed E-state index contributed by atoms with van der Waals surface area (Å²) in [6, 6.07) is 3.82. The summed E-state index contributed by atoms with van der Waals surface area (Å²) in [4.78, 5) is 20.4. The van der Waals surface area contributed by atoms with Crippen LogP contribution in [0.25, 0.3) is 11.1 Å². The predicted octanol–water partition coefficient (Wildman–Crippen LogP) is 6.18. The number of rotatable bonds is 10. The fourth-order valence-corrected chi connectivity index (χ4v) is 5.82. The molecule has 2 aliphatic rings. The summed E-state index contributed by atoms with van der Waals surface area (Å²) in [7, 11) is 0. The number of alkyl halides is 3. The lowest BCUT2D eigenvalue weighted by molar-refractivity contribution is -0.145. The molecule has 0 radical (unpaired) electrons. The molecule has 12 heteroatoms. The Balaban J connectivity index is 1.35. The summed E-state index contributed by atoms with van der Waals surface area (Å²) in [6.07, 6.45) is -1.54. The highest BCUT2D eigenvalue weighted by atomic mass is 19.4. The molecule has 5 rings (SSSR count). The second-order valence-electron chi connectivity index (χ2n) is 11.7. The summed E-state index contributed by atoms with van der Waals surface area (Å²) in [5.74, 6) is -2.84. The van der Waals surface area contributed by atoms with Crippen LogP contribution in [0, 0.1) is 23.5 Å². The van der Waals surface area contributed by atoms with E-state index in [9.17, 15) is 31.9 Å². The molecule has 1 N–H and O–H groups in total. The van der Waals surface area contributed by atoms with E-state index in [1.165, 1.54) is 0 Å². The standard InChI is InChI=1S/C31H31F5N2O5/c1-5-41-28(39)26-21-9-16-11-25(37-14-22(16)30(21,26)4)43-15-18-8-19(20(12-23(18)32)31(34,35)36)17-10-24(33)27(38-13-17)42-7-6-29(2,3)40/h8,10-14,21,26,40H,5-7,9,15H2,1-4H3/t21-,26+,30?/m0/s1. The molecule has 7 nitrogen and oxygen atoms in total. The molecule has 0 amide bonds. The number of aliphatic hydroxyl groups is 1. The van der Waals surface area contributed by atoms with Crippen molar-refractivity contribution in [1.82, 2.24) is 9.97 Å². The average molecular weight is 607 g/mol. The Hall–Kier alpha value is -3.80. The molecule has 230 valence electrons. The number of carbonyl (C=O) groups is 1. The van der Waals surface area contributed by atoms with Gasteiger partial charge in [-0.15, -0.1) is 0 Å². The first-order chi connectivity index (χ1) is 20.1. The van der Waals surface area contributed by atoms with E-state index in [1.54, 1.807) is 33.0 Å². The van der Waals surface area contributed by atoms with E-state index in [2.05, 4.69) is 9.97 Å². The third-order valence-corrected chi connectivity index (χ3v) is 8.17. The second-order valence-corrected chi connectivity index (χ2v) is 11.7. The molecule has 0 bridgehead atoms. The molecule has 2 aliphatic carbocycles. The van der Waals surface area contributed by atoms with E-state index in [0.29, 0.717) is 19.1 Å². The van der Waals surface area contributed by atoms with Gasteiger partial charge in [-0.2, -0.15) is 13.2 Å². The van der Waals surface area contributed by atoms with Crippen LogP contribution in [0.4, 0.5) is 22.0 Å². The molecule has 3 atom stereocenters. The number of halogens is 5. The van der Waals surface area contributed by atoms with E-state index in [0.717, 1.165) is 29.5 Å². The molecule has 1 aromatic carbocycles. The van der Waals surface area contributed by atoms with Crippen molar-refractivity contribution in [2.24, 2.45) is 11.8 Å². The summed E-state index contributed by atoms with van der Waals surface area (Å²) in [5.41, 5.74) is -1.82. The lowest BCUT2D eigenvalue weighted by Gasteiger charge is -2.18. The number of hydrogen-bond acceptors (Lipinski definition) is 7. The minimum Gasteiger partial charge on any atom is -0.475 e. The number of hydrogen-bond donors (Lipinski definition) is 1. The zero-order chi connectivity index (χ0) is 31.3. The van der Waals surface area contributed by atoms with Crippen molar-refractivity contribution in [3.8, 4) is 22.9 Å². The molecule has 2 heterocycles. The molecule has 0 saturated heterocycles. The van der Waals surface area contributed by atoms with Gasteiger partial charge in [0.05, 0.1) is 30.3 Å². The zero-order valence-corrected chi connectivity index (χ0v) is 24.0. The zero-order valence-electron chi connectivity index (χ0n) is 24.0. The van der Waals surface area contributed by atoms with Crippen molar-refractivity contribution in [3.05, 3.63) is 70.5 Å². The average Bonchev–Trinajstić information content (AvgIpc) is 3.40. The Morgan fingerprint density at radius 1 is 1.07 bits per heavy atom. The lowest BCUT2D eigenvalue weighted by Crippen LogP contribution is -2.22.